The first-order valence-corrected chi connectivity index (χ1v) is 7.53. The molecule has 0 aliphatic heterocycles. The molecule has 1 aliphatic rings. The normalized spacial score (nSPS) is 23.7. The van der Waals surface area contributed by atoms with Crippen LogP contribution in [0.2, 0.25) is 5.15 Å². The number of hydrogen-bond acceptors (Lipinski definition) is 2. The van der Waals surface area contributed by atoms with Gasteiger partial charge in [-0.2, -0.15) is 0 Å². The zero-order valence-electron chi connectivity index (χ0n) is 11.4. The van der Waals surface area contributed by atoms with Crippen LogP contribution in [0.1, 0.15) is 57.5 Å². The molecule has 0 spiro atoms. The van der Waals surface area contributed by atoms with E-state index in [0.717, 1.165) is 36.8 Å². The summed E-state index contributed by atoms with van der Waals surface area (Å²) in [6.07, 6.45) is 7.26. The van der Waals surface area contributed by atoms with Crippen LogP contribution in [-0.2, 0) is 13.0 Å². The lowest BCUT2D eigenvalue weighted by Gasteiger charge is -2.11. The van der Waals surface area contributed by atoms with Gasteiger partial charge in [-0.3, -0.25) is 0 Å². The average Bonchev–Trinajstić information content (AvgIpc) is 2.90. The van der Waals surface area contributed by atoms with E-state index < -0.39 is 0 Å². The lowest BCUT2D eigenvalue weighted by molar-refractivity contribution is 0.499. The second-order valence-corrected chi connectivity index (χ2v) is 5.91. The molecule has 0 amide bonds. The molecule has 1 heterocycles. The van der Waals surface area contributed by atoms with Crippen molar-refractivity contribution in [3.63, 3.8) is 0 Å². The molecule has 1 aromatic heterocycles. The molecule has 3 nitrogen and oxygen atoms in total. The number of hydrogen-bond donors (Lipinski definition) is 2. The summed E-state index contributed by atoms with van der Waals surface area (Å²) in [6, 6.07) is 0.651. The highest BCUT2D eigenvalue weighted by molar-refractivity contribution is 6.30. The van der Waals surface area contributed by atoms with Crippen LogP contribution in [0.25, 0.3) is 0 Å². The minimum Gasteiger partial charge on any atom is -0.344 e. The molecule has 0 saturated heterocycles. The fourth-order valence-corrected chi connectivity index (χ4v) is 2.87. The number of aromatic amines is 1. The fraction of sp³-hybridized carbons (Fsp3) is 0.786. The van der Waals surface area contributed by atoms with Crippen molar-refractivity contribution in [1.82, 2.24) is 15.3 Å². The lowest BCUT2D eigenvalue weighted by atomic mass is 10.1. The van der Waals surface area contributed by atoms with Gasteiger partial charge < -0.3 is 10.3 Å². The molecule has 18 heavy (non-hydrogen) atoms. The number of aromatic nitrogens is 2. The second-order valence-electron chi connectivity index (χ2n) is 5.55. The number of H-pyrrole nitrogens is 1. The highest BCUT2D eigenvalue weighted by atomic mass is 35.5. The molecule has 2 atom stereocenters. The Hall–Kier alpha value is -0.540. The molecule has 2 N–H and O–H groups in total. The molecular weight excluding hydrogens is 246 g/mol. The van der Waals surface area contributed by atoms with Crippen molar-refractivity contribution in [1.29, 1.82) is 0 Å². The molecule has 0 aromatic carbocycles. The van der Waals surface area contributed by atoms with Crippen LogP contribution in [0.15, 0.2) is 0 Å². The number of halogens is 1. The number of rotatable bonds is 6. The number of nitrogens with zero attached hydrogens (tertiary/aromatic N) is 1. The Labute approximate surface area is 115 Å². The first kappa shape index (κ1) is 13.9. The van der Waals surface area contributed by atoms with Gasteiger partial charge in [0.25, 0.3) is 0 Å². The van der Waals surface area contributed by atoms with Crippen molar-refractivity contribution >= 4 is 11.6 Å². The predicted molar refractivity (Wildman–Crippen MR) is 75.9 cm³/mol. The Balaban J connectivity index is 1.83. The minimum atomic E-state index is 0.639. The largest absolute Gasteiger partial charge is 0.344 e. The maximum absolute atomic E-state index is 6.16. The van der Waals surface area contributed by atoms with Crippen LogP contribution in [0.4, 0.5) is 0 Å². The van der Waals surface area contributed by atoms with E-state index in [-0.39, 0.29) is 0 Å². The zero-order chi connectivity index (χ0) is 13.0. The third kappa shape index (κ3) is 3.72. The average molecular weight is 270 g/mol. The summed E-state index contributed by atoms with van der Waals surface area (Å²) in [4.78, 5) is 7.72. The van der Waals surface area contributed by atoms with Crippen LogP contribution in [0.3, 0.4) is 0 Å². The van der Waals surface area contributed by atoms with E-state index in [4.69, 9.17) is 11.6 Å². The van der Waals surface area contributed by atoms with E-state index in [2.05, 4.69) is 29.1 Å². The maximum Gasteiger partial charge on any atom is 0.151 e. The van der Waals surface area contributed by atoms with Gasteiger partial charge in [-0.05, 0) is 31.6 Å². The van der Waals surface area contributed by atoms with E-state index >= 15 is 0 Å². The second kappa shape index (κ2) is 6.58. The van der Waals surface area contributed by atoms with Gasteiger partial charge in [0.1, 0.15) is 5.82 Å². The summed E-state index contributed by atoms with van der Waals surface area (Å²) in [5.41, 5.74) is 1.04. The van der Waals surface area contributed by atoms with Crippen molar-refractivity contribution < 1.29 is 0 Å². The van der Waals surface area contributed by atoms with E-state index in [1.165, 1.54) is 25.7 Å². The smallest absolute Gasteiger partial charge is 0.151 e. The Kier molecular flexibility index (Phi) is 5.07. The molecule has 2 unspecified atom stereocenters. The van der Waals surface area contributed by atoms with Gasteiger partial charge in [-0.1, -0.05) is 31.9 Å². The van der Waals surface area contributed by atoms with Crippen LogP contribution < -0.4 is 5.32 Å². The van der Waals surface area contributed by atoms with Crippen LogP contribution in [-0.4, -0.2) is 16.0 Å². The van der Waals surface area contributed by atoms with Crippen molar-refractivity contribution in [3.05, 3.63) is 16.7 Å². The van der Waals surface area contributed by atoms with Crippen molar-refractivity contribution in [2.24, 2.45) is 5.92 Å². The highest BCUT2D eigenvalue weighted by Crippen LogP contribution is 2.25. The van der Waals surface area contributed by atoms with Gasteiger partial charge >= 0.3 is 0 Å². The first-order valence-electron chi connectivity index (χ1n) is 7.15. The SMILES string of the molecule is CCCCc1nc(Cl)c(CNC2CCC(C)C2)[nH]1. The molecule has 1 aliphatic carbocycles. The summed E-state index contributed by atoms with van der Waals surface area (Å²) < 4.78 is 0. The monoisotopic (exact) mass is 269 g/mol. The van der Waals surface area contributed by atoms with Gasteiger partial charge in [-0.15, -0.1) is 0 Å². The van der Waals surface area contributed by atoms with Gasteiger partial charge in [-0.25, -0.2) is 4.98 Å². The van der Waals surface area contributed by atoms with Crippen molar-refractivity contribution in [3.8, 4) is 0 Å². The standard InChI is InChI=1S/C14H24ClN3/c1-3-4-5-13-17-12(14(15)18-13)9-16-11-7-6-10(2)8-11/h10-11,16H,3-9H2,1-2H3,(H,17,18). The Morgan fingerprint density at radius 2 is 2.28 bits per heavy atom. The first-order chi connectivity index (χ1) is 8.69. The van der Waals surface area contributed by atoms with Gasteiger partial charge in [0.05, 0.1) is 5.69 Å². The van der Waals surface area contributed by atoms with E-state index in [0.29, 0.717) is 11.2 Å². The van der Waals surface area contributed by atoms with Crippen molar-refractivity contribution in [2.45, 2.75) is 65.0 Å². The molecule has 1 fully saturated rings. The van der Waals surface area contributed by atoms with Crippen LogP contribution >= 0.6 is 11.6 Å². The van der Waals surface area contributed by atoms with Gasteiger partial charge in [0, 0.05) is 19.0 Å². The highest BCUT2D eigenvalue weighted by Gasteiger charge is 2.21. The van der Waals surface area contributed by atoms with E-state index in [9.17, 15) is 0 Å². The molecule has 0 radical (unpaired) electrons. The minimum absolute atomic E-state index is 0.639. The van der Waals surface area contributed by atoms with Gasteiger partial charge in [0.15, 0.2) is 5.15 Å². The summed E-state index contributed by atoms with van der Waals surface area (Å²) in [5.74, 6) is 1.89. The molecule has 102 valence electrons. The Morgan fingerprint density at radius 3 is 2.94 bits per heavy atom. The molecule has 1 saturated carbocycles. The summed E-state index contributed by atoms with van der Waals surface area (Å²) in [7, 11) is 0. The van der Waals surface area contributed by atoms with E-state index in [1.54, 1.807) is 0 Å². The quantitative estimate of drug-likeness (QED) is 0.827. The summed E-state index contributed by atoms with van der Waals surface area (Å²) >= 11 is 6.16. The lowest BCUT2D eigenvalue weighted by Crippen LogP contribution is -2.26. The molecule has 0 bridgehead atoms. The third-order valence-corrected chi connectivity index (χ3v) is 4.12. The Bertz CT molecular complexity index is 375. The summed E-state index contributed by atoms with van der Waals surface area (Å²) in [5, 5.41) is 4.22. The molecular formula is C14H24ClN3. The molecule has 2 rings (SSSR count). The number of imidazole rings is 1. The number of nitrogens with one attached hydrogen (secondary N) is 2. The van der Waals surface area contributed by atoms with Gasteiger partial charge in [0.2, 0.25) is 0 Å². The predicted octanol–water partition coefficient (Wildman–Crippen LogP) is 3.68. The maximum atomic E-state index is 6.16. The topological polar surface area (TPSA) is 40.7 Å². The fourth-order valence-electron chi connectivity index (χ4n) is 2.66. The van der Waals surface area contributed by atoms with Crippen LogP contribution in [0.5, 0.6) is 0 Å². The van der Waals surface area contributed by atoms with Crippen LogP contribution in [0, 0.1) is 5.92 Å². The number of aryl methyl sites for hydroxylation is 1. The van der Waals surface area contributed by atoms with E-state index in [1.807, 2.05) is 0 Å². The zero-order valence-corrected chi connectivity index (χ0v) is 12.2. The Morgan fingerprint density at radius 1 is 1.44 bits per heavy atom. The third-order valence-electron chi connectivity index (χ3n) is 3.81. The van der Waals surface area contributed by atoms with Crippen molar-refractivity contribution in [2.75, 3.05) is 0 Å². The molecule has 4 heteroatoms. The number of unbranched alkanes of at least 4 members (excludes halogenated alkanes) is 1. The molecule has 1 aromatic rings. The summed E-state index contributed by atoms with van der Waals surface area (Å²) in [6.45, 7) is 5.33.